The van der Waals surface area contributed by atoms with Gasteiger partial charge in [0.1, 0.15) is 0 Å². The molecule has 1 aliphatic rings. The summed E-state index contributed by atoms with van der Waals surface area (Å²) in [4.78, 5) is 43.7. The molecule has 0 aliphatic carbocycles. The van der Waals surface area contributed by atoms with Crippen molar-refractivity contribution in [2.75, 3.05) is 57.7 Å². The van der Waals surface area contributed by atoms with E-state index in [1.165, 1.54) is 5.56 Å². The second-order valence-corrected chi connectivity index (χ2v) is 9.08. The summed E-state index contributed by atoms with van der Waals surface area (Å²) in [7, 11) is 0. The monoisotopic (exact) mass is 579 g/mol. The highest BCUT2D eigenvalue weighted by Crippen LogP contribution is 2.14. The summed E-state index contributed by atoms with van der Waals surface area (Å²) in [5.74, 6) is -2.76. The van der Waals surface area contributed by atoms with Gasteiger partial charge in [-0.15, -0.1) is 0 Å². The lowest BCUT2D eigenvalue weighted by atomic mass is 10.2. The van der Waals surface area contributed by atoms with Gasteiger partial charge < -0.3 is 25.3 Å². The zero-order valence-corrected chi connectivity index (χ0v) is 23.1. The smallest absolute Gasteiger partial charge is 0.478 e. The molecule has 3 N–H and O–H groups in total. The number of likely N-dealkylation sites (N-methyl/N-ethyl adjacent to an activating group) is 1. The first-order valence-electron chi connectivity index (χ1n) is 13.2. The lowest BCUT2D eigenvalue weighted by Crippen LogP contribution is -2.53. The molecule has 0 radical (unpaired) electrons. The Morgan fingerprint density at radius 1 is 0.927 bits per heavy atom. The lowest BCUT2D eigenvalue weighted by Gasteiger charge is -2.37. The quantitative estimate of drug-likeness (QED) is 0.305. The Bertz CT molecular complexity index is 1150. The summed E-state index contributed by atoms with van der Waals surface area (Å²) in [6.45, 7) is 9.65. The van der Waals surface area contributed by atoms with Gasteiger partial charge in [-0.2, -0.15) is 13.2 Å². The van der Waals surface area contributed by atoms with Crippen LogP contribution in [0.1, 0.15) is 29.8 Å². The molecule has 13 heteroatoms. The Balaban J connectivity index is 0.000000745. The van der Waals surface area contributed by atoms with E-state index >= 15 is 0 Å². The first-order valence-corrected chi connectivity index (χ1v) is 13.2. The molecule has 3 rings (SSSR count). The molecule has 2 aromatic carbocycles. The molecular weight excluding hydrogens is 543 g/mol. The fraction of sp³-hybridized carbons (Fsp3) is 0.429. The van der Waals surface area contributed by atoms with Crippen LogP contribution in [0.5, 0.6) is 0 Å². The van der Waals surface area contributed by atoms with Crippen LogP contribution in [0.2, 0.25) is 0 Å². The highest BCUT2D eigenvalue weighted by molar-refractivity contribution is 5.94. The predicted octanol–water partition coefficient (Wildman–Crippen LogP) is 3.51. The van der Waals surface area contributed by atoms with Gasteiger partial charge in [-0.25, -0.2) is 9.59 Å². The molecule has 10 nitrogen and oxygen atoms in total. The number of carboxylic acid groups (broad SMARTS) is 2. The van der Waals surface area contributed by atoms with E-state index in [2.05, 4.69) is 27.2 Å². The Morgan fingerprint density at radius 3 is 1.98 bits per heavy atom. The van der Waals surface area contributed by atoms with E-state index in [4.69, 9.17) is 20.0 Å². The summed E-state index contributed by atoms with van der Waals surface area (Å²) in [6.07, 6.45) is -4.25. The molecule has 0 atom stereocenters. The molecule has 224 valence electrons. The van der Waals surface area contributed by atoms with Gasteiger partial charge in [-0.1, -0.05) is 30.3 Å². The Morgan fingerprint density at radius 2 is 1.49 bits per heavy atom. The molecule has 0 saturated carbocycles. The normalized spacial score (nSPS) is 14.1. The zero-order valence-electron chi connectivity index (χ0n) is 23.1. The van der Waals surface area contributed by atoms with E-state index in [0.717, 1.165) is 57.3 Å². The van der Waals surface area contributed by atoms with Crippen molar-refractivity contribution in [3.05, 3.63) is 65.7 Å². The molecular formula is C28H36F3N5O5. The molecule has 1 saturated heterocycles. The van der Waals surface area contributed by atoms with E-state index in [1.54, 1.807) is 24.3 Å². The maximum Gasteiger partial charge on any atom is 0.490 e. The molecule has 41 heavy (non-hydrogen) atoms. The summed E-state index contributed by atoms with van der Waals surface area (Å²) >= 11 is 0. The second kappa shape index (κ2) is 16.2. The molecule has 2 aromatic rings. The van der Waals surface area contributed by atoms with Crippen LogP contribution in [0.15, 0.2) is 59.6 Å². The fourth-order valence-electron chi connectivity index (χ4n) is 3.96. The van der Waals surface area contributed by atoms with Crippen molar-refractivity contribution in [2.24, 2.45) is 4.99 Å². The number of guanidine groups is 1. The van der Waals surface area contributed by atoms with Gasteiger partial charge in [-0.3, -0.25) is 14.7 Å². The number of alkyl halides is 3. The third-order valence-corrected chi connectivity index (χ3v) is 6.28. The number of piperazine rings is 1. The minimum Gasteiger partial charge on any atom is -0.478 e. The number of hydrogen-bond donors (Lipinski definition) is 3. The third-order valence-electron chi connectivity index (χ3n) is 6.28. The van der Waals surface area contributed by atoms with Crippen LogP contribution in [0.25, 0.3) is 0 Å². The molecule has 1 heterocycles. The number of carbonyl (C=O) groups excluding carboxylic acids is 1. The van der Waals surface area contributed by atoms with Crippen LogP contribution in [-0.4, -0.2) is 107 Å². The van der Waals surface area contributed by atoms with E-state index in [9.17, 15) is 22.8 Å². The maximum atomic E-state index is 12.5. The summed E-state index contributed by atoms with van der Waals surface area (Å²) in [5.41, 5.74) is 2.28. The minimum atomic E-state index is -5.08. The van der Waals surface area contributed by atoms with Gasteiger partial charge in [0.2, 0.25) is 5.91 Å². The van der Waals surface area contributed by atoms with Crippen LogP contribution >= 0.6 is 0 Å². The number of nitrogens with zero attached hydrogens (tertiary/aromatic N) is 4. The van der Waals surface area contributed by atoms with Crippen molar-refractivity contribution in [3.8, 4) is 0 Å². The number of aromatic carboxylic acids is 1. The number of amides is 1. The van der Waals surface area contributed by atoms with Gasteiger partial charge in [-0.05, 0) is 50.1 Å². The molecule has 0 spiro atoms. The van der Waals surface area contributed by atoms with Crippen LogP contribution in [0.4, 0.5) is 18.9 Å². The van der Waals surface area contributed by atoms with Gasteiger partial charge >= 0.3 is 18.1 Å². The van der Waals surface area contributed by atoms with Crippen molar-refractivity contribution >= 4 is 29.5 Å². The molecule has 1 amide bonds. The molecule has 0 bridgehead atoms. The number of aliphatic carboxylic acids is 1. The van der Waals surface area contributed by atoms with E-state index in [-0.39, 0.29) is 11.5 Å². The first kappa shape index (κ1) is 33.1. The van der Waals surface area contributed by atoms with Crippen LogP contribution in [0, 0.1) is 0 Å². The first-order chi connectivity index (χ1) is 19.4. The van der Waals surface area contributed by atoms with Gasteiger partial charge in [0, 0.05) is 51.5 Å². The average molecular weight is 580 g/mol. The number of rotatable bonds is 9. The third kappa shape index (κ3) is 11.5. The van der Waals surface area contributed by atoms with Crippen molar-refractivity contribution in [2.45, 2.75) is 26.4 Å². The topological polar surface area (TPSA) is 126 Å². The number of halogens is 3. The number of carbonyl (C=O) groups is 3. The number of carboxylic acids is 2. The Kier molecular flexibility index (Phi) is 13.1. The highest BCUT2D eigenvalue weighted by atomic mass is 19.4. The van der Waals surface area contributed by atoms with Crippen molar-refractivity contribution in [3.63, 3.8) is 0 Å². The highest BCUT2D eigenvalue weighted by Gasteiger charge is 2.38. The number of hydrogen-bond acceptors (Lipinski definition) is 5. The van der Waals surface area contributed by atoms with Gasteiger partial charge in [0.05, 0.1) is 12.1 Å². The van der Waals surface area contributed by atoms with Crippen LogP contribution in [0.3, 0.4) is 0 Å². The van der Waals surface area contributed by atoms with Crippen molar-refractivity contribution in [1.82, 2.24) is 14.7 Å². The molecule has 1 fully saturated rings. The summed E-state index contributed by atoms with van der Waals surface area (Å²) < 4.78 is 31.7. The maximum absolute atomic E-state index is 12.5. The Hall–Kier alpha value is -4.13. The SMILES string of the molecule is CCN(CC)C(=O)CN1CCN(C(=NCCc2ccccc2)Nc2ccc(C(=O)O)cc2)CC1.O=C(O)C(F)(F)F. The molecule has 1 aliphatic heterocycles. The Labute approximate surface area is 237 Å². The van der Waals surface area contributed by atoms with E-state index in [1.807, 2.05) is 36.9 Å². The summed E-state index contributed by atoms with van der Waals surface area (Å²) in [5, 5.41) is 19.7. The van der Waals surface area contributed by atoms with Gasteiger partial charge in [0.25, 0.3) is 0 Å². The number of benzene rings is 2. The van der Waals surface area contributed by atoms with Crippen LogP contribution < -0.4 is 5.32 Å². The molecule has 0 unspecified atom stereocenters. The average Bonchev–Trinajstić information content (AvgIpc) is 2.94. The standard InChI is InChI=1S/C26H35N5O3.C2HF3O2/c1-3-30(4-2)24(32)20-29-16-18-31(19-17-29)26(27-15-14-21-8-6-5-7-9-21)28-23-12-10-22(11-13-23)25(33)34;3-2(4,5)1(6)7/h5-13H,3-4,14-20H2,1-2H3,(H,27,28)(H,33,34);(H,6,7). The number of aliphatic imine (C=N–C) groups is 1. The van der Waals surface area contributed by atoms with Crippen LogP contribution in [-0.2, 0) is 16.0 Å². The largest absolute Gasteiger partial charge is 0.490 e. The minimum absolute atomic E-state index is 0.173. The second-order valence-electron chi connectivity index (χ2n) is 9.08. The fourth-order valence-corrected chi connectivity index (χ4v) is 3.96. The lowest BCUT2D eigenvalue weighted by molar-refractivity contribution is -0.192. The number of nitrogens with one attached hydrogen (secondary N) is 1. The molecule has 0 aromatic heterocycles. The van der Waals surface area contributed by atoms with E-state index < -0.39 is 18.1 Å². The van der Waals surface area contributed by atoms with Crippen molar-refractivity contribution < 1.29 is 37.8 Å². The summed E-state index contributed by atoms with van der Waals surface area (Å²) in [6, 6.07) is 16.9. The van der Waals surface area contributed by atoms with Gasteiger partial charge in [0.15, 0.2) is 5.96 Å². The predicted molar refractivity (Wildman–Crippen MR) is 149 cm³/mol. The van der Waals surface area contributed by atoms with Crippen molar-refractivity contribution in [1.29, 1.82) is 0 Å². The zero-order chi connectivity index (χ0) is 30.4. The number of anilines is 1. The van der Waals surface area contributed by atoms with E-state index in [0.29, 0.717) is 13.1 Å².